The van der Waals surface area contributed by atoms with Crippen molar-refractivity contribution in [3.8, 4) is 0 Å². The molecule has 0 fully saturated rings. The van der Waals surface area contributed by atoms with Gasteiger partial charge in [0.2, 0.25) is 0 Å². The van der Waals surface area contributed by atoms with E-state index in [9.17, 15) is 0 Å². The van der Waals surface area contributed by atoms with Crippen molar-refractivity contribution in [3.63, 3.8) is 0 Å². The van der Waals surface area contributed by atoms with E-state index in [0.717, 1.165) is 10.2 Å². The summed E-state index contributed by atoms with van der Waals surface area (Å²) >= 11 is 2.24. The van der Waals surface area contributed by atoms with Crippen molar-refractivity contribution in [1.82, 2.24) is 9.78 Å². The number of aryl methyl sites for hydroxylation is 1. The summed E-state index contributed by atoms with van der Waals surface area (Å²) in [5.41, 5.74) is 1.16. The molecule has 0 aliphatic rings. The van der Waals surface area contributed by atoms with Crippen LogP contribution in [0.2, 0.25) is 0 Å². The van der Waals surface area contributed by atoms with Crippen LogP contribution in [0.1, 0.15) is 26.3 Å². The minimum absolute atomic E-state index is 0.0602. The molecule has 0 spiro atoms. The average molecular weight is 308 g/mol. The first-order chi connectivity index (χ1) is 6.38. The number of hydrogen-bond acceptors (Lipinski definition) is 2. The second-order valence-corrected chi connectivity index (χ2v) is 5.35. The fraction of sp³-hybridized carbons (Fsp3) is 0.700. The van der Waals surface area contributed by atoms with Crippen molar-refractivity contribution in [2.75, 3.05) is 6.61 Å². The van der Waals surface area contributed by atoms with Crippen LogP contribution in [-0.4, -0.2) is 22.0 Å². The van der Waals surface area contributed by atoms with Crippen molar-refractivity contribution in [1.29, 1.82) is 0 Å². The van der Waals surface area contributed by atoms with Crippen LogP contribution in [0.15, 0.2) is 6.20 Å². The fourth-order valence-corrected chi connectivity index (χ4v) is 1.47. The molecular formula is C10H17IN2O. The molecule has 0 unspecified atom stereocenters. The van der Waals surface area contributed by atoms with E-state index in [0.29, 0.717) is 6.61 Å². The Bertz CT molecular complexity index is 282. The van der Waals surface area contributed by atoms with Gasteiger partial charge in [-0.1, -0.05) is 0 Å². The van der Waals surface area contributed by atoms with Gasteiger partial charge in [0, 0.05) is 11.8 Å². The Balaban J connectivity index is 2.39. The number of nitrogens with zero attached hydrogens (tertiary/aromatic N) is 2. The zero-order chi connectivity index (χ0) is 10.8. The minimum Gasteiger partial charge on any atom is -0.374 e. The van der Waals surface area contributed by atoms with Crippen LogP contribution in [0, 0.1) is 10.6 Å². The third-order valence-corrected chi connectivity index (χ3v) is 2.81. The summed E-state index contributed by atoms with van der Waals surface area (Å²) < 4.78 is 8.62. The summed E-state index contributed by atoms with van der Waals surface area (Å²) in [5.74, 6) is 0. The van der Waals surface area contributed by atoms with Gasteiger partial charge in [-0.2, -0.15) is 5.10 Å². The van der Waals surface area contributed by atoms with E-state index in [2.05, 4.69) is 55.4 Å². The van der Waals surface area contributed by atoms with E-state index >= 15 is 0 Å². The molecule has 0 aliphatic heterocycles. The van der Waals surface area contributed by atoms with Crippen LogP contribution in [0.5, 0.6) is 0 Å². The summed E-state index contributed by atoms with van der Waals surface area (Å²) in [5, 5.41) is 4.35. The Morgan fingerprint density at radius 2 is 2.14 bits per heavy atom. The fourth-order valence-electron chi connectivity index (χ4n) is 1.06. The molecule has 0 bridgehead atoms. The van der Waals surface area contributed by atoms with Gasteiger partial charge in [0.05, 0.1) is 18.8 Å². The summed E-state index contributed by atoms with van der Waals surface area (Å²) in [7, 11) is 0. The largest absolute Gasteiger partial charge is 0.374 e. The number of hydrogen-bond donors (Lipinski definition) is 0. The Morgan fingerprint density at radius 1 is 1.50 bits per heavy atom. The highest BCUT2D eigenvalue weighted by Gasteiger charge is 2.09. The number of ether oxygens (including phenoxy) is 1. The van der Waals surface area contributed by atoms with Crippen molar-refractivity contribution in [3.05, 3.63) is 15.5 Å². The third kappa shape index (κ3) is 3.96. The summed E-state index contributed by atoms with van der Waals surface area (Å²) in [6.45, 7) is 9.78. The van der Waals surface area contributed by atoms with Crippen molar-refractivity contribution < 1.29 is 4.74 Å². The topological polar surface area (TPSA) is 27.1 Å². The van der Waals surface area contributed by atoms with E-state index in [1.165, 1.54) is 5.56 Å². The van der Waals surface area contributed by atoms with Crippen LogP contribution >= 0.6 is 22.6 Å². The van der Waals surface area contributed by atoms with Gasteiger partial charge in [0.25, 0.3) is 0 Å². The zero-order valence-electron chi connectivity index (χ0n) is 9.17. The molecule has 0 saturated carbocycles. The summed E-state index contributed by atoms with van der Waals surface area (Å²) in [6.07, 6.45) is 2.05. The maximum absolute atomic E-state index is 5.62. The first kappa shape index (κ1) is 12.0. The highest BCUT2D eigenvalue weighted by atomic mass is 127. The summed E-state index contributed by atoms with van der Waals surface area (Å²) in [6, 6.07) is 0. The molecule has 0 amide bonds. The van der Waals surface area contributed by atoms with E-state index in [4.69, 9.17) is 4.74 Å². The highest BCUT2D eigenvalue weighted by Crippen LogP contribution is 2.09. The van der Waals surface area contributed by atoms with Gasteiger partial charge in [-0.3, -0.25) is 4.68 Å². The molecule has 0 saturated heterocycles. The molecular weight excluding hydrogens is 291 g/mol. The monoisotopic (exact) mass is 308 g/mol. The quantitative estimate of drug-likeness (QED) is 0.803. The lowest BCUT2D eigenvalue weighted by atomic mass is 10.2. The first-order valence-corrected chi connectivity index (χ1v) is 5.80. The predicted octanol–water partition coefficient (Wildman–Crippen LogP) is 2.61. The molecule has 3 nitrogen and oxygen atoms in total. The van der Waals surface area contributed by atoms with Crippen LogP contribution in [0.25, 0.3) is 0 Å². The van der Waals surface area contributed by atoms with E-state index in [1.807, 2.05) is 10.9 Å². The molecule has 0 aliphatic carbocycles. The maximum Gasteiger partial charge on any atom is 0.126 e. The molecule has 1 heterocycles. The Morgan fingerprint density at radius 3 is 2.57 bits per heavy atom. The molecule has 1 rings (SSSR count). The van der Waals surface area contributed by atoms with Crippen LogP contribution in [0.3, 0.4) is 0 Å². The van der Waals surface area contributed by atoms with Crippen molar-refractivity contribution in [2.45, 2.75) is 39.8 Å². The lowest BCUT2D eigenvalue weighted by Crippen LogP contribution is -2.22. The Hall–Kier alpha value is -0.100. The summed E-state index contributed by atoms with van der Waals surface area (Å²) in [4.78, 5) is 0. The number of halogens is 1. The predicted molar refractivity (Wildman–Crippen MR) is 65.4 cm³/mol. The van der Waals surface area contributed by atoms with Gasteiger partial charge in [-0.15, -0.1) is 0 Å². The molecule has 4 heteroatoms. The van der Waals surface area contributed by atoms with E-state index < -0.39 is 0 Å². The standard InChI is InChI=1S/C10H17IN2O/c1-8-7-13(12-9(8)11)5-6-14-10(2,3)4/h7H,5-6H2,1-4H3. The Labute approximate surface area is 99.0 Å². The molecule has 0 atom stereocenters. The van der Waals surface area contributed by atoms with E-state index in [1.54, 1.807) is 0 Å². The number of rotatable bonds is 3. The molecule has 80 valence electrons. The van der Waals surface area contributed by atoms with Gasteiger partial charge < -0.3 is 4.74 Å². The maximum atomic E-state index is 5.62. The van der Waals surface area contributed by atoms with Crippen molar-refractivity contribution >= 4 is 22.6 Å². The van der Waals surface area contributed by atoms with Gasteiger partial charge in [-0.25, -0.2) is 0 Å². The third-order valence-electron chi connectivity index (χ3n) is 1.74. The molecule has 1 aromatic heterocycles. The highest BCUT2D eigenvalue weighted by molar-refractivity contribution is 14.1. The molecule has 0 N–H and O–H groups in total. The van der Waals surface area contributed by atoms with Gasteiger partial charge >= 0.3 is 0 Å². The van der Waals surface area contributed by atoms with Gasteiger partial charge in [0.15, 0.2) is 0 Å². The second kappa shape index (κ2) is 4.61. The SMILES string of the molecule is Cc1cn(CCOC(C)(C)C)nc1I. The van der Waals surface area contributed by atoms with E-state index in [-0.39, 0.29) is 5.60 Å². The smallest absolute Gasteiger partial charge is 0.126 e. The van der Waals surface area contributed by atoms with Crippen LogP contribution in [-0.2, 0) is 11.3 Å². The Kier molecular flexibility index (Phi) is 3.94. The molecule has 1 aromatic rings. The minimum atomic E-state index is -0.0602. The van der Waals surface area contributed by atoms with Crippen molar-refractivity contribution in [2.24, 2.45) is 0 Å². The lowest BCUT2D eigenvalue weighted by Gasteiger charge is -2.19. The normalized spacial score (nSPS) is 12.1. The molecule has 0 aromatic carbocycles. The lowest BCUT2D eigenvalue weighted by molar-refractivity contribution is -0.00792. The number of aromatic nitrogens is 2. The molecule has 0 radical (unpaired) electrons. The second-order valence-electron chi connectivity index (χ2n) is 4.33. The van der Waals surface area contributed by atoms with Gasteiger partial charge in [-0.05, 0) is 50.3 Å². The average Bonchev–Trinajstić information content (AvgIpc) is 2.28. The van der Waals surface area contributed by atoms with Crippen LogP contribution < -0.4 is 0 Å². The van der Waals surface area contributed by atoms with Crippen LogP contribution in [0.4, 0.5) is 0 Å². The zero-order valence-corrected chi connectivity index (χ0v) is 11.3. The van der Waals surface area contributed by atoms with Gasteiger partial charge in [0.1, 0.15) is 3.70 Å². The first-order valence-electron chi connectivity index (χ1n) is 4.72. The molecule has 14 heavy (non-hydrogen) atoms.